The molecule has 3 aromatic heterocycles. The first-order valence-corrected chi connectivity index (χ1v) is 11.8. The van der Waals surface area contributed by atoms with E-state index in [1.165, 1.54) is 12.0 Å². The first-order valence-electron chi connectivity index (χ1n) is 10.8. The second-order valence-electron chi connectivity index (χ2n) is 7.92. The number of carbonyl (C=O) groups excluding carboxylic acids is 3. The van der Waals surface area contributed by atoms with Crippen LogP contribution in [0.3, 0.4) is 0 Å². The van der Waals surface area contributed by atoms with Crippen LogP contribution in [0, 0.1) is 0 Å². The Labute approximate surface area is 199 Å². The summed E-state index contributed by atoms with van der Waals surface area (Å²) in [5.74, 6) is -0.864. The lowest BCUT2D eigenvalue weighted by Crippen LogP contribution is -2.52. The molecule has 0 bridgehead atoms. The third-order valence-electron chi connectivity index (χ3n) is 6.00. The van der Waals surface area contributed by atoms with Crippen LogP contribution in [0.1, 0.15) is 20.7 Å². The molecule has 5 rings (SSSR count). The molecule has 172 valence electrons. The lowest BCUT2D eigenvalue weighted by molar-refractivity contribution is -0.127. The molecular formula is C25H22N4O4S. The van der Waals surface area contributed by atoms with Crippen LogP contribution in [-0.4, -0.2) is 70.7 Å². The fourth-order valence-corrected chi connectivity index (χ4v) is 4.85. The van der Waals surface area contributed by atoms with Crippen molar-refractivity contribution in [3.63, 3.8) is 0 Å². The third kappa shape index (κ3) is 3.84. The van der Waals surface area contributed by atoms with E-state index >= 15 is 0 Å². The second-order valence-corrected chi connectivity index (χ2v) is 8.70. The number of nitrogens with one attached hydrogen (secondary N) is 1. The maximum Gasteiger partial charge on any atom is 0.295 e. The smallest absolute Gasteiger partial charge is 0.295 e. The van der Waals surface area contributed by atoms with Gasteiger partial charge in [-0.1, -0.05) is 18.2 Å². The van der Waals surface area contributed by atoms with E-state index < -0.39 is 11.7 Å². The van der Waals surface area contributed by atoms with Gasteiger partial charge in [-0.05, 0) is 23.6 Å². The monoisotopic (exact) mass is 474 g/mol. The summed E-state index contributed by atoms with van der Waals surface area (Å²) >= 11 is 1.55. The zero-order valence-corrected chi connectivity index (χ0v) is 19.3. The fourth-order valence-electron chi connectivity index (χ4n) is 4.20. The molecule has 1 saturated heterocycles. The number of benzene rings is 1. The molecule has 1 aliphatic rings. The lowest BCUT2D eigenvalue weighted by atomic mass is 10.1. The summed E-state index contributed by atoms with van der Waals surface area (Å²) in [6.07, 6.45) is 3.11. The molecular weight excluding hydrogens is 452 g/mol. The molecule has 0 radical (unpaired) electrons. The number of H-pyrrole nitrogens is 1. The molecule has 0 aliphatic carbocycles. The van der Waals surface area contributed by atoms with Crippen molar-refractivity contribution in [1.82, 2.24) is 19.8 Å². The number of nitrogens with zero attached hydrogens (tertiary/aromatic N) is 3. The minimum absolute atomic E-state index is 0.0751. The molecule has 1 fully saturated rings. The number of amides is 2. The van der Waals surface area contributed by atoms with Crippen molar-refractivity contribution < 1.29 is 19.1 Å². The summed E-state index contributed by atoms with van der Waals surface area (Å²) in [7, 11) is 1.51. The van der Waals surface area contributed by atoms with Crippen molar-refractivity contribution >= 4 is 39.8 Å². The van der Waals surface area contributed by atoms with Gasteiger partial charge in [-0.2, -0.15) is 11.3 Å². The van der Waals surface area contributed by atoms with Gasteiger partial charge in [0.15, 0.2) is 0 Å². The largest absolute Gasteiger partial charge is 0.494 e. The first-order chi connectivity index (χ1) is 16.6. The molecule has 0 atom stereocenters. The van der Waals surface area contributed by atoms with Crippen molar-refractivity contribution in [2.24, 2.45) is 0 Å². The maximum atomic E-state index is 13.3. The standard InChI is InChI=1S/C25H22N4O4S/c1-33-19-14-27-21(17-7-12-34-15-17)22-20(19)18(13-26-22)23(30)25(32)29-10-8-28(9-11-29)24(31)16-5-3-2-4-6-16/h2-7,12-15,26H,8-11H2,1H3. The maximum absolute atomic E-state index is 13.3. The predicted molar refractivity (Wildman–Crippen MR) is 129 cm³/mol. The highest BCUT2D eigenvalue weighted by atomic mass is 32.1. The van der Waals surface area contributed by atoms with Crippen LogP contribution in [-0.2, 0) is 4.79 Å². The van der Waals surface area contributed by atoms with Gasteiger partial charge in [-0.3, -0.25) is 19.4 Å². The normalized spacial score (nSPS) is 13.8. The predicted octanol–water partition coefficient (Wildman–Crippen LogP) is 3.47. The summed E-state index contributed by atoms with van der Waals surface area (Å²) in [5.41, 5.74) is 3.12. The number of hydrogen-bond donors (Lipinski definition) is 1. The van der Waals surface area contributed by atoms with Gasteiger partial charge in [0, 0.05) is 48.9 Å². The molecule has 0 spiro atoms. The molecule has 4 heterocycles. The number of hydrogen-bond acceptors (Lipinski definition) is 6. The van der Waals surface area contributed by atoms with Gasteiger partial charge < -0.3 is 19.5 Å². The van der Waals surface area contributed by atoms with Crippen LogP contribution >= 0.6 is 11.3 Å². The molecule has 8 nitrogen and oxygen atoms in total. The average molecular weight is 475 g/mol. The number of ether oxygens (including phenoxy) is 1. The SMILES string of the molecule is COc1cnc(-c2ccsc2)c2[nH]cc(C(=O)C(=O)N3CCN(C(=O)c4ccccc4)CC3)c12. The Morgan fingerprint density at radius 2 is 1.76 bits per heavy atom. The molecule has 1 aromatic carbocycles. The van der Waals surface area contributed by atoms with Crippen molar-refractivity contribution in [1.29, 1.82) is 0 Å². The van der Waals surface area contributed by atoms with Crippen molar-refractivity contribution in [3.05, 3.63) is 70.7 Å². The highest BCUT2D eigenvalue weighted by Crippen LogP contribution is 2.35. The first kappa shape index (κ1) is 21.8. The number of piperazine rings is 1. The molecule has 1 aliphatic heterocycles. The van der Waals surface area contributed by atoms with Crippen LogP contribution in [0.4, 0.5) is 0 Å². The van der Waals surface area contributed by atoms with Gasteiger partial charge in [0.25, 0.3) is 17.6 Å². The van der Waals surface area contributed by atoms with Gasteiger partial charge >= 0.3 is 0 Å². The highest BCUT2D eigenvalue weighted by molar-refractivity contribution is 7.08. The number of carbonyl (C=O) groups is 3. The second kappa shape index (κ2) is 9.11. The van der Waals surface area contributed by atoms with Crippen molar-refractivity contribution in [2.75, 3.05) is 33.3 Å². The van der Waals surface area contributed by atoms with Gasteiger partial charge in [0.2, 0.25) is 0 Å². The van der Waals surface area contributed by atoms with Crippen molar-refractivity contribution in [3.8, 4) is 17.0 Å². The Morgan fingerprint density at radius 1 is 1.03 bits per heavy atom. The van der Waals surface area contributed by atoms with E-state index in [4.69, 9.17) is 4.74 Å². The number of Topliss-reactive ketones (excluding diaryl/α,β-unsaturated/α-hetero) is 1. The van der Waals surface area contributed by atoms with Gasteiger partial charge in [0.05, 0.1) is 35.5 Å². The minimum Gasteiger partial charge on any atom is -0.494 e. The lowest BCUT2D eigenvalue weighted by Gasteiger charge is -2.34. The van der Waals surface area contributed by atoms with E-state index in [2.05, 4.69) is 9.97 Å². The summed E-state index contributed by atoms with van der Waals surface area (Å²) in [5, 5.41) is 4.46. The Balaban J connectivity index is 1.36. The Bertz CT molecular complexity index is 1360. The Kier molecular flexibility index (Phi) is 5.85. The van der Waals surface area contributed by atoms with Gasteiger partial charge in [-0.15, -0.1) is 0 Å². The minimum atomic E-state index is -0.616. The molecule has 2 amide bonds. The highest BCUT2D eigenvalue weighted by Gasteiger charge is 2.31. The molecule has 34 heavy (non-hydrogen) atoms. The summed E-state index contributed by atoms with van der Waals surface area (Å²) in [6, 6.07) is 11.0. The van der Waals surface area contributed by atoms with E-state index in [0.29, 0.717) is 54.1 Å². The van der Waals surface area contributed by atoms with Crippen LogP contribution in [0.15, 0.2) is 59.6 Å². The topological polar surface area (TPSA) is 95.6 Å². The quantitative estimate of drug-likeness (QED) is 0.353. The van der Waals surface area contributed by atoms with E-state index in [1.54, 1.807) is 40.8 Å². The van der Waals surface area contributed by atoms with Crippen LogP contribution in [0.5, 0.6) is 5.75 Å². The number of ketones is 1. The number of methoxy groups -OCH3 is 1. The molecule has 4 aromatic rings. The van der Waals surface area contributed by atoms with Gasteiger partial charge in [-0.25, -0.2) is 0 Å². The number of fused-ring (bicyclic) bond motifs is 1. The van der Waals surface area contributed by atoms with E-state index in [1.807, 2.05) is 35.0 Å². The van der Waals surface area contributed by atoms with Crippen LogP contribution in [0.25, 0.3) is 22.2 Å². The number of rotatable bonds is 5. The summed E-state index contributed by atoms with van der Waals surface area (Å²) in [4.78, 5) is 49.8. The average Bonchev–Trinajstić information content (AvgIpc) is 3.58. The zero-order chi connectivity index (χ0) is 23.7. The zero-order valence-electron chi connectivity index (χ0n) is 18.5. The molecule has 9 heteroatoms. The summed E-state index contributed by atoms with van der Waals surface area (Å²) < 4.78 is 5.46. The number of aromatic amines is 1. The van der Waals surface area contributed by atoms with E-state index in [-0.39, 0.29) is 11.5 Å². The van der Waals surface area contributed by atoms with Crippen LogP contribution in [0.2, 0.25) is 0 Å². The van der Waals surface area contributed by atoms with Gasteiger partial charge in [0.1, 0.15) is 5.75 Å². The summed E-state index contributed by atoms with van der Waals surface area (Å²) in [6.45, 7) is 1.33. The Hall–Kier alpha value is -3.98. The molecule has 0 unspecified atom stereocenters. The van der Waals surface area contributed by atoms with Crippen molar-refractivity contribution in [2.45, 2.75) is 0 Å². The van der Waals surface area contributed by atoms with E-state index in [0.717, 1.165) is 5.56 Å². The van der Waals surface area contributed by atoms with Crippen LogP contribution < -0.4 is 4.74 Å². The molecule has 0 saturated carbocycles. The molecule has 1 N–H and O–H groups in total. The number of aromatic nitrogens is 2. The Morgan fingerprint density at radius 3 is 2.44 bits per heavy atom. The fraction of sp³-hybridized carbons (Fsp3) is 0.200. The number of thiophene rings is 1. The van der Waals surface area contributed by atoms with E-state index in [9.17, 15) is 14.4 Å². The number of pyridine rings is 1. The third-order valence-corrected chi connectivity index (χ3v) is 6.69.